The molecule has 4 heteroatoms. The van der Waals surface area contributed by atoms with Gasteiger partial charge >= 0.3 is 0 Å². The van der Waals surface area contributed by atoms with Gasteiger partial charge in [-0.3, -0.25) is 4.68 Å². The predicted molar refractivity (Wildman–Crippen MR) is 53.3 cm³/mol. The molecule has 1 aromatic rings. The normalized spacial score (nSPS) is 10.7. The Hall–Kier alpha value is -0.870. The van der Waals surface area contributed by atoms with E-state index in [1.165, 1.54) is 11.3 Å². The topological polar surface area (TPSA) is 55.9 Å². The van der Waals surface area contributed by atoms with Crippen molar-refractivity contribution in [3.05, 3.63) is 17.5 Å². The minimum atomic E-state index is 0.682. The van der Waals surface area contributed by atoms with Crippen LogP contribution in [0.5, 0.6) is 0 Å². The number of rotatable bonds is 5. The third kappa shape index (κ3) is 2.82. The minimum Gasteiger partial charge on any atom is -0.329 e. The average molecular weight is 182 g/mol. The molecule has 4 nitrogen and oxygen atoms in total. The van der Waals surface area contributed by atoms with Gasteiger partial charge in [-0.2, -0.15) is 5.10 Å². The summed E-state index contributed by atoms with van der Waals surface area (Å²) in [6.07, 6.45) is 3.04. The third-order valence-corrected chi connectivity index (χ3v) is 1.96. The first-order valence-electron chi connectivity index (χ1n) is 4.70. The highest BCUT2D eigenvalue weighted by molar-refractivity contribution is 5.16. The zero-order chi connectivity index (χ0) is 9.68. The van der Waals surface area contributed by atoms with Gasteiger partial charge in [0.25, 0.3) is 0 Å². The smallest absolute Gasteiger partial charge is 0.0666 e. The van der Waals surface area contributed by atoms with Crippen LogP contribution in [0.4, 0.5) is 0 Å². The van der Waals surface area contributed by atoms with E-state index in [4.69, 9.17) is 5.73 Å². The molecule has 0 aliphatic carbocycles. The fourth-order valence-electron chi connectivity index (χ4n) is 1.35. The molecule has 0 amide bonds. The van der Waals surface area contributed by atoms with Crippen molar-refractivity contribution in [1.82, 2.24) is 15.1 Å². The average Bonchev–Trinajstić information content (AvgIpc) is 2.47. The highest BCUT2D eigenvalue weighted by Gasteiger charge is 2.03. The predicted octanol–water partition coefficient (Wildman–Crippen LogP) is 0.0308. The SMILES string of the molecule is CCc1nn(C)cc1CNCCN. The summed E-state index contributed by atoms with van der Waals surface area (Å²) in [4.78, 5) is 0. The van der Waals surface area contributed by atoms with Crippen LogP contribution in [0.25, 0.3) is 0 Å². The van der Waals surface area contributed by atoms with E-state index in [1.54, 1.807) is 0 Å². The summed E-state index contributed by atoms with van der Waals surface area (Å²) in [5.41, 5.74) is 7.83. The van der Waals surface area contributed by atoms with Gasteiger partial charge in [0.1, 0.15) is 0 Å². The zero-order valence-electron chi connectivity index (χ0n) is 8.38. The van der Waals surface area contributed by atoms with Crippen LogP contribution in [0.2, 0.25) is 0 Å². The van der Waals surface area contributed by atoms with Crippen LogP contribution in [0.15, 0.2) is 6.20 Å². The number of aryl methyl sites for hydroxylation is 2. The highest BCUT2D eigenvalue weighted by Crippen LogP contribution is 2.05. The zero-order valence-corrected chi connectivity index (χ0v) is 8.38. The maximum atomic E-state index is 5.39. The Bertz CT molecular complexity index is 254. The number of nitrogens with two attached hydrogens (primary N) is 1. The summed E-state index contributed by atoms with van der Waals surface area (Å²) < 4.78 is 1.86. The van der Waals surface area contributed by atoms with Gasteiger partial charge in [0, 0.05) is 38.4 Å². The molecule has 0 unspecified atom stereocenters. The van der Waals surface area contributed by atoms with Gasteiger partial charge in [-0.25, -0.2) is 0 Å². The second-order valence-electron chi connectivity index (χ2n) is 3.09. The van der Waals surface area contributed by atoms with E-state index in [1.807, 2.05) is 11.7 Å². The van der Waals surface area contributed by atoms with Crippen molar-refractivity contribution in [2.24, 2.45) is 12.8 Å². The monoisotopic (exact) mass is 182 g/mol. The Labute approximate surface area is 79.1 Å². The Kier molecular flexibility index (Phi) is 3.92. The van der Waals surface area contributed by atoms with E-state index in [-0.39, 0.29) is 0 Å². The first-order chi connectivity index (χ1) is 6.27. The standard InChI is InChI=1S/C9H18N4/c1-3-9-8(6-11-5-4-10)7-13(2)12-9/h7,11H,3-6,10H2,1-2H3. The molecule has 0 spiro atoms. The summed E-state index contributed by atoms with van der Waals surface area (Å²) in [6.45, 7) is 4.53. The Morgan fingerprint density at radius 2 is 2.38 bits per heavy atom. The molecule has 0 aromatic carbocycles. The fourth-order valence-corrected chi connectivity index (χ4v) is 1.35. The number of hydrogen-bond donors (Lipinski definition) is 2. The van der Waals surface area contributed by atoms with Crippen LogP contribution >= 0.6 is 0 Å². The van der Waals surface area contributed by atoms with Crippen LogP contribution in [-0.4, -0.2) is 22.9 Å². The van der Waals surface area contributed by atoms with Crippen LogP contribution in [-0.2, 0) is 20.0 Å². The summed E-state index contributed by atoms with van der Waals surface area (Å²) in [6, 6.07) is 0. The molecule has 74 valence electrons. The van der Waals surface area contributed by atoms with Gasteiger partial charge in [-0.1, -0.05) is 6.92 Å². The quantitative estimate of drug-likeness (QED) is 0.632. The Morgan fingerprint density at radius 1 is 1.62 bits per heavy atom. The second-order valence-corrected chi connectivity index (χ2v) is 3.09. The van der Waals surface area contributed by atoms with Crippen LogP contribution in [0.1, 0.15) is 18.2 Å². The van der Waals surface area contributed by atoms with Crippen molar-refractivity contribution in [3.8, 4) is 0 Å². The molecule has 0 radical (unpaired) electrons. The first-order valence-corrected chi connectivity index (χ1v) is 4.70. The van der Waals surface area contributed by atoms with E-state index < -0.39 is 0 Å². The molecule has 0 aliphatic heterocycles. The van der Waals surface area contributed by atoms with Crippen LogP contribution in [0.3, 0.4) is 0 Å². The van der Waals surface area contributed by atoms with Crippen LogP contribution in [0, 0.1) is 0 Å². The Balaban J connectivity index is 2.53. The Morgan fingerprint density at radius 3 is 3.00 bits per heavy atom. The summed E-state index contributed by atoms with van der Waals surface area (Å²) in [5, 5.41) is 7.61. The van der Waals surface area contributed by atoms with Gasteiger partial charge in [-0.05, 0) is 6.42 Å². The summed E-state index contributed by atoms with van der Waals surface area (Å²) >= 11 is 0. The second kappa shape index (κ2) is 4.99. The van der Waals surface area contributed by atoms with E-state index in [9.17, 15) is 0 Å². The molecule has 0 saturated heterocycles. The third-order valence-electron chi connectivity index (χ3n) is 1.96. The van der Waals surface area contributed by atoms with Gasteiger partial charge in [-0.15, -0.1) is 0 Å². The lowest BCUT2D eigenvalue weighted by atomic mass is 10.2. The fraction of sp³-hybridized carbons (Fsp3) is 0.667. The summed E-state index contributed by atoms with van der Waals surface area (Å²) in [7, 11) is 1.95. The van der Waals surface area contributed by atoms with Gasteiger partial charge < -0.3 is 11.1 Å². The molecule has 1 rings (SSSR count). The van der Waals surface area contributed by atoms with Crippen molar-refractivity contribution >= 4 is 0 Å². The number of hydrogen-bond acceptors (Lipinski definition) is 3. The van der Waals surface area contributed by atoms with Gasteiger partial charge in [0.15, 0.2) is 0 Å². The number of aromatic nitrogens is 2. The maximum Gasteiger partial charge on any atom is 0.0666 e. The first kappa shape index (κ1) is 10.2. The molecule has 0 saturated carbocycles. The van der Waals surface area contributed by atoms with E-state index in [0.29, 0.717) is 6.54 Å². The van der Waals surface area contributed by atoms with Crippen molar-refractivity contribution in [3.63, 3.8) is 0 Å². The number of nitrogens with one attached hydrogen (secondary N) is 1. The molecule has 0 bridgehead atoms. The summed E-state index contributed by atoms with van der Waals surface area (Å²) in [5.74, 6) is 0. The minimum absolute atomic E-state index is 0.682. The van der Waals surface area contributed by atoms with Crippen molar-refractivity contribution < 1.29 is 0 Å². The van der Waals surface area contributed by atoms with Gasteiger partial charge in [0.2, 0.25) is 0 Å². The molecular formula is C9H18N4. The van der Waals surface area contributed by atoms with Gasteiger partial charge in [0.05, 0.1) is 5.69 Å². The lowest BCUT2D eigenvalue weighted by Crippen LogP contribution is -2.22. The molecule has 1 heterocycles. The van der Waals surface area contributed by atoms with Crippen LogP contribution < -0.4 is 11.1 Å². The van der Waals surface area contributed by atoms with E-state index in [2.05, 4.69) is 23.5 Å². The molecule has 1 aromatic heterocycles. The molecule has 0 atom stereocenters. The van der Waals surface area contributed by atoms with E-state index in [0.717, 1.165) is 19.5 Å². The van der Waals surface area contributed by atoms with Crippen molar-refractivity contribution in [1.29, 1.82) is 0 Å². The molecular weight excluding hydrogens is 164 g/mol. The molecule has 3 N–H and O–H groups in total. The maximum absolute atomic E-state index is 5.39. The van der Waals surface area contributed by atoms with Crippen molar-refractivity contribution in [2.75, 3.05) is 13.1 Å². The lowest BCUT2D eigenvalue weighted by molar-refractivity contribution is 0.690. The highest BCUT2D eigenvalue weighted by atomic mass is 15.3. The molecule has 13 heavy (non-hydrogen) atoms. The largest absolute Gasteiger partial charge is 0.329 e. The lowest BCUT2D eigenvalue weighted by Gasteiger charge is -2.01. The molecule has 0 aliphatic rings. The number of nitrogens with zero attached hydrogens (tertiary/aromatic N) is 2. The van der Waals surface area contributed by atoms with E-state index >= 15 is 0 Å². The molecule has 0 fully saturated rings. The van der Waals surface area contributed by atoms with Crippen molar-refractivity contribution in [2.45, 2.75) is 19.9 Å².